The summed E-state index contributed by atoms with van der Waals surface area (Å²) in [5.41, 5.74) is 3.77. The van der Waals surface area contributed by atoms with E-state index in [0.717, 1.165) is 16.5 Å². The molecule has 0 radical (unpaired) electrons. The highest BCUT2D eigenvalue weighted by atomic mass is 16.5. The maximum absolute atomic E-state index is 12.4. The van der Waals surface area contributed by atoms with E-state index >= 15 is 0 Å². The molecule has 0 aliphatic heterocycles. The number of methoxy groups -OCH3 is 1. The number of aromatic amines is 1. The molecular weight excluding hydrogens is 318 g/mol. The van der Waals surface area contributed by atoms with Crippen LogP contribution in [0.2, 0.25) is 0 Å². The van der Waals surface area contributed by atoms with Crippen molar-refractivity contribution < 1.29 is 9.53 Å². The number of carbonyl (C=O) groups excluding carboxylic acids is 1. The van der Waals surface area contributed by atoms with Gasteiger partial charge in [-0.3, -0.25) is 10.1 Å². The molecule has 0 unspecified atom stereocenters. The largest absolute Gasteiger partial charge is 0.497 e. The standard InChI is InChI=1S/C18H15N5O2/c1-10-6-7-14-13(8-10)15-16(19-14)20-18(23-22-15)21-17(24)11-4-3-5-12(9-11)25-2/h3-9H,1-2H3,(H2,19,20,21,23,24). The SMILES string of the molecule is COc1cccc(C(=O)Nc2nnc3c(n2)[nH]c2ccc(C)cc23)c1. The predicted octanol–water partition coefficient (Wildman–Crippen LogP) is 3.08. The molecule has 2 heterocycles. The summed E-state index contributed by atoms with van der Waals surface area (Å²) < 4.78 is 5.13. The van der Waals surface area contributed by atoms with Crippen molar-refractivity contribution >= 4 is 33.9 Å². The van der Waals surface area contributed by atoms with Gasteiger partial charge in [0.2, 0.25) is 0 Å². The van der Waals surface area contributed by atoms with Crippen molar-refractivity contribution in [1.82, 2.24) is 20.2 Å². The van der Waals surface area contributed by atoms with E-state index in [9.17, 15) is 4.79 Å². The average Bonchev–Trinajstić information content (AvgIpc) is 2.98. The fraction of sp³-hybridized carbons (Fsp3) is 0.111. The topological polar surface area (TPSA) is 92.8 Å². The minimum Gasteiger partial charge on any atom is -0.497 e. The lowest BCUT2D eigenvalue weighted by molar-refractivity contribution is 0.102. The Morgan fingerprint density at radius 3 is 2.88 bits per heavy atom. The smallest absolute Gasteiger partial charge is 0.258 e. The molecule has 0 atom stereocenters. The molecule has 2 N–H and O–H groups in total. The summed E-state index contributed by atoms with van der Waals surface area (Å²) in [6, 6.07) is 12.9. The lowest BCUT2D eigenvalue weighted by Gasteiger charge is -2.05. The van der Waals surface area contributed by atoms with Crippen LogP contribution >= 0.6 is 0 Å². The molecule has 1 amide bonds. The Morgan fingerprint density at radius 1 is 1.16 bits per heavy atom. The summed E-state index contributed by atoms with van der Waals surface area (Å²) >= 11 is 0. The Labute approximate surface area is 143 Å². The highest BCUT2D eigenvalue weighted by Gasteiger charge is 2.12. The second kappa shape index (κ2) is 5.86. The molecule has 0 fully saturated rings. The first kappa shape index (κ1) is 15.1. The molecule has 0 saturated heterocycles. The van der Waals surface area contributed by atoms with E-state index in [1.54, 1.807) is 31.4 Å². The van der Waals surface area contributed by atoms with Crippen LogP contribution in [0.3, 0.4) is 0 Å². The van der Waals surface area contributed by atoms with Gasteiger partial charge in [-0.2, -0.15) is 4.98 Å². The number of benzene rings is 2. The minimum absolute atomic E-state index is 0.142. The summed E-state index contributed by atoms with van der Waals surface area (Å²) in [6.45, 7) is 2.02. The second-order valence-corrected chi connectivity index (χ2v) is 5.69. The summed E-state index contributed by atoms with van der Waals surface area (Å²) in [6.07, 6.45) is 0. The molecule has 0 bridgehead atoms. The number of carbonyl (C=O) groups is 1. The third-order valence-corrected chi connectivity index (χ3v) is 3.93. The van der Waals surface area contributed by atoms with E-state index in [-0.39, 0.29) is 11.9 Å². The summed E-state index contributed by atoms with van der Waals surface area (Å²) in [4.78, 5) is 19.9. The summed E-state index contributed by atoms with van der Waals surface area (Å²) in [5.74, 6) is 0.420. The van der Waals surface area contributed by atoms with E-state index in [1.165, 1.54) is 0 Å². The zero-order valence-electron chi connectivity index (χ0n) is 13.7. The van der Waals surface area contributed by atoms with Gasteiger partial charge in [-0.15, -0.1) is 10.2 Å². The van der Waals surface area contributed by atoms with Crippen molar-refractivity contribution in [1.29, 1.82) is 0 Å². The number of fused-ring (bicyclic) bond motifs is 3. The van der Waals surface area contributed by atoms with Crippen LogP contribution in [-0.4, -0.2) is 33.2 Å². The predicted molar refractivity (Wildman–Crippen MR) is 94.9 cm³/mol. The van der Waals surface area contributed by atoms with Crippen LogP contribution in [0, 0.1) is 6.92 Å². The van der Waals surface area contributed by atoms with Crippen molar-refractivity contribution in [2.24, 2.45) is 0 Å². The van der Waals surface area contributed by atoms with Gasteiger partial charge in [0, 0.05) is 16.5 Å². The number of aryl methyl sites for hydroxylation is 1. The van der Waals surface area contributed by atoms with Gasteiger partial charge in [0.15, 0.2) is 5.65 Å². The van der Waals surface area contributed by atoms with Crippen molar-refractivity contribution in [3.05, 3.63) is 53.6 Å². The van der Waals surface area contributed by atoms with Gasteiger partial charge >= 0.3 is 0 Å². The van der Waals surface area contributed by atoms with Gasteiger partial charge in [-0.25, -0.2) is 0 Å². The highest BCUT2D eigenvalue weighted by Crippen LogP contribution is 2.23. The van der Waals surface area contributed by atoms with Crippen molar-refractivity contribution in [2.45, 2.75) is 6.92 Å². The zero-order chi connectivity index (χ0) is 17.4. The second-order valence-electron chi connectivity index (χ2n) is 5.69. The Kier molecular flexibility index (Phi) is 3.53. The maximum Gasteiger partial charge on any atom is 0.258 e. The van der Waals surface area contributed by atoms with E-state index in [4.69, 9.17) is 4.74 Å². The molecule has 7 nitrogen and oxygen atoms in total. The van der Waals surface area contributed by atoms with Gasteiger partial charge in [0.1, 0.15) is 11.3 Å². The van der Waals surface area contributed by atoms with Crippen LogP contribution in [0.5, 0.6) is 5.75 Å². The Hall–Kier alpha value is -3.48. The van der Waals surface area contributed by atoms with E-state index in [2.05, 4.69) is 25.5 Å². The average molecular weight is 333 g/mol. The first-order valence-electron chi connectivity index (χ1n) is 7.72. The molecule has 2 aromatic heterocycles. The normalized spacial score (nSPS) is 11.0. The molecule has 0 spiro atoms. The van der Waals surface area contributed by atoms with E-state index in [0.29, 0.717) is 22.5 Å². The third kappa shape index (κ3) is 2.76. The van der Waals surface area contributed by atoms with Crippen molar-refractivity contribution in [2.75, 3.05) is 12.4 Å². The number of amides is 1. The highest BCUT2D eigenvalue weighted by molar-refractivity contribution is 6.05. The molecule has 4 rings (SSSR count). The van der Waals surface area contributed by atoms with E-state index < -0.39 is 0 Å². The van der Waals surface area contributed by atoms with Gasteiger partial charge in [-0.05, 0) is 37.3 Å². The maximum atomic E-state index is 12.4. The van der Waals surface area contributed by atoms with Crippen LogP contribution < -0.4 is 10.1 Å². The Morgan fingerprint density at radius 2 is 2.04 bits per heavy atom. The molecule has 0 saturated carbocycles. The number of anilines is 1. The minimum atomic E-state index is -0.327. The molecule has 7 heteroatoms. The lowest BCUT2D eigenvalue weighted by atomic mass is 10.2. The molecular formula is C18H15N5O2. The van der Waals surface area contributed by atoms with E-state index in [1.807, 2.05) is 25.1 Å². The van der Waals surface area contributed by atoms with Gasteiger partial charge in [0.05, 0.1) is 7.11 Å². The quantitative estimate of drug-likeness (QED) is 0.601. The number of rotatable bonds is 3. The Bertz CT molecular complexity index is 1100. The molecule has 0 aliphatic carbocycles. The molecule has 124 valence electrons. The first-order valence-corrected chi connectivity index (χ1v) is 7.72. The fourth-order valence-corrected chi connectivity index (χ4v) is 2.68. The Balaban J connectivity index is 1.67. The van der Waals surface area contributed by atoms with Gasteiger partial charge in [-0.1, -0.05) is 17.7 Å². The molecule has 2 aromatic carbocycles. The summed E-state index contributed by atoms with van der Waals surface area (Å²) in [7, 11) is 1.55. The van der Waals surface area contributed by atoms with Gasteiger partial charge < -0.3 is 9.72 Å². The van der Waals surface area contributed by atoms with Crippen LogP contribution in [0.15, 0.2) is 42.5 Å². The number of ether oxygens (including phenoxy) is 1. The number of hydrogen-bond acceptors (Lipinski definition) is 5. The van der Waals surface area contributed by atoms with Gasteiger partial charge in [0.25, 0.3) is 11.9 Å². The van der Waals surface area contributed by atoms with Crippen LogP contribution in [0.25, 0.3) is 22.1 Å². The number of hydrogen-bond donors (Lipinski definition) is 2. The number of nitrogens with zero attached hydrogens (tertiary/aromatic N) is 3. The molecule has 4 aromatic rings. The summed E-state index contributed by atoms with van der Waals surface area (Å²) in [5, 5.41) is 11.8. The van der Waals surface area contributed by atoms with Crippen molar-refractivity contribution in [3.63, 3.8) is 0 Å². The van der Waals surface area contributed by atoms with Crippen LogP contribution in [0.4, 0.5) is 5.95 Å². The molecule has 0 aliphatic rings. The third-order valence-electron chi connectivity index (χ3n) is 3.93. The van der Waals surface area contributed by atoms with Crippen LogP contribution in [0.1, 0.15) is 15.9 Å². The van der Waals surface area contributed by atoms with Crippen LogP contribution in [-0.2, 0) is 0 Å². The number of H-pyrrole nitrogens is 1. The number of nitrogens with one attached hydrogen (secondary N) is 2. The molecule has 25 heavy (non-hydrogen) atoms. The lowest BCUT2D eigenvalue weighted by Crippen LogP contribution is -2.14. The first-order chi connectivity index (χ1) is 12.1. The monoisotopic (exact) mass is 333 g/mol. The number of aromatic nitrogens is 4. The zero-order valence-corrected chi connectivity index (χ0v) is 13.7. The fourth-order valence-electron chi connectivity index (χ4n) is 2.68. The van der Waals surface area contributed by atoms with Crippen molar-refractivity contribution in [3.8, 4) is 5.75 Å².